The summed E-state index contributed by atoms with van der Waals surface area (Å²) in [4.78, 5) is 26.9. The summed E-state index contributed by atoms with van der Waals surface area (Å²) in [7, 11) is 2.97. The molecule has 0 aliphatic carbocycles. The van der Waals surface area contributed by atoms with E-state index in [-0.39, 0.29) is 11.5 Å². The lowest BCUT2D eigenvalue weighted by Gasteiger charge is -2.22. The van der Waals surface area contributed by atoms with Crippen molar-refractivity contribution < 1.29 is 23.8 Å². The highest BCUT2D eigenvalue weighted by atomic mass is 16.5. The molecule has 0 N–H and O–H groups in total. The number of carbonyl (C=O) groups excluding carboxylic acids is 2. The molecule has 6 nitrogen and oxygen atoms in total. The molecule has 1 aliphatic heterocycles. The molecule has 26 heavy (non-hydrogen) atoms. The van der Waals surface area contributed by atoms with E-state index < -0.39 is 12.1 Å². The average Bonchev–Trinajstić information content (AvgIpc) is 3.10. The first-order valence-electron chi connectivity index (χ1n) is 8.37. The number of amides is 1. The van der Waals surface area contributed by atoms with Gasteiger partial charge in [0.05, 0.1) is 14.2 Å². The Hall–Kier alpha value is -3.02. The second-order valence-electron chi connectivity index (χ2n) is 5.98. The maximum absolute atomic E-state index is 12.7. The van der Waals surface area contributed by atoms with Gasteiger partial charge in [0.25, 0.3) is 5.91 Å². The molecule has 0 aromatic heterocycles. The van der Waals surface area contributed by atoms with E-state index in [1.54, 1.807) is 24.0 Å². The third kappa shape index (κ3) is 3.35. The van der Waals surface area contributed by atoms with Crippen LogP contribution in [0.3, 0.4) is 0 Å². The maximum atomic E-state index is 12.7. The number of hydrogen-bond acceptors (Lipinski definition) is 5. The Morgan fingerprint density at radius 2 is 1.85 bits per heavy atom. The standard InChI is InChI=1S/C20H21NO5/c1-13(19(22)21-11-10-14-6-4-5-7-17(14)21)26-20(23)16-12-15(24-2)8-9-18(16)25-3/h4-9,12-13H,10-11H2,1-3H3/t13-/m1/s1. The zero-order valence-corrected chi connectivity index (χ0v) is 15.0. The lowest BCUT2D eigenvalue weighted by atomic mass is 10.2. The van der Waals surface area contributed by atoms with Crippen LogP contribution in [0.25, 0.3) is 0 Å². The number of para-hydroxylation sites is 1. The third-order valence-electron chi connectivity index (χ3n) is 4.41. The molecule has 136 valence electrons. The van der Waals surface area contributed by atoms with Gasteiger partial charge in [0, 0.05) is 12.2 Å². The molecule has 0 radical (unpaired) electrons. The van der Waals surface area contributed by atoms with Crippen molar-refractivity contribution in [1.29, 1.82) is 0 Å². The Balaban J connectivity index is 1.75. The second-order valence-corrected chi connectivity index (χ2v) is 5.98. The number of benzene rings is 2. The summed E-state index contributed by atoms with van der Waals surface area (Å²) in [5.74, 6) is -0.00795. The first-order chi connectivity index (χ1) is 12.5. The summed E-state index contributed by atoms with van der Waals surface area (Å²) in [6, 6.07) is 12.6. The van der Waals surface area contributed by atoms with Crippen LogP contribution in [0.5, 0.6) is 11.5 Å². The van der Waals surface area contributed by atoms with Crippen LogP contribution >= 0.6 is 0 Å². The normalized spacial score (nSPS) is 13.7. The molecule has 2 aromatic rings. The number of nitrogens with zero attached hydrogens (tertiary/aromatic N) is 1. The van der Waals surface area contributed by atoms with E-state index in [0.29, 0.717) is 18.0 Å². The number of anilines is 1. The van der Waals surface area contributed by atoms with Crippen molar-refractivity contribution in [2.75, 3.05) is 25.7 Å². The van der Waals surface area contributed by atoms with Gasteiger partial charge < -0.3 is 19.1 Å². The molecule has 0 saturated carbocycles. The van der Waals surface area contributed by atoms with E-state index in [1.807, 2.05) is 24.3 Å². The fraction of sp³-hybridized carbons (Fsp3) is 0.300. The lowest BCUT2D eigenvalue weighted by molar-refractivity contribution is -0.126. The molecule has 3 rings (SSSR count). The molecule has 6 heteroatoms. The average molecular weight is 355 g/mol. The molecule has 1 atom stereocenters. The Labute approximate surface area is 152 Å². The van der Waals surface area contributed by atoms with Gasteiger partial charge in [0.1, 0.15) is 17.1 Å². The first-order valence-corrected chi connectivity index (χ1v) is 8.37. The molecule has 0 spiro atoms. The van der Waals surface area contributed by atoms with E-state index in [1.165, 1.54) is 20.3 Å². The van der Waals surface area contributed by atoms with Crippen molar-refractivity contribution in [2.45, 2.75) is 19.4 Å². The van der Waals surface area contributed by atoms with Crippen LogP contribution in [0.4, 0.5) is 5.69 Å². The van der Waals surface area contributed by atoms with Gasteiger partial charge in [-0.1, -0.05) is 18.2 Å². The predicted molar refractivity (Wildman–Crippen MR) is 96.9 cm³/mol. The van der Waals surface area contributed by atoms with E-state index >= 15 is 0 Å². The molecule has 2 aromatic carbocycles. The summed E-state index contributed by atoms with van der Waals surface area (Å²) < 4.78 is 15.7. The van der Waals surface area contributed by atoms with Crippen molar-refractivity contribution >= 4 is 17.6 Å². The smallest absolute Gasteiger partial charge is 0.342 e. The second kappa shape index (κ2) is 7.47. The van der Waals surface area contributed by atoms with E-state index in [2.05, 4.69) is 0 Å². The van der Waals surface area contributed by atoms with E-state index in [9.17, 15) is 9.59 Å². The highest BCUT2D eigenvalue weighted by Gasteiger charge is 2.30. The molecular formula is C20H21NO5. The van der Waals surface area contributed by atoms with Gasteiger partial charge in [-0.3, -0.25) is 4.79 Å². The number of fused-ring (bicyclic) bond motifs is 1. The van der Waals surface area contributed by atoms with E-state index in [4.69, 9.17) is 14.2 Å². The lowest BCUT2D eigenvalue weighted by Crippen LogP contribution is -2.39. The molecule has 0 fully saturated rings. The van der Waals surface area contributed by atoms with Crippen LogP contribution in [0.1, 0.15) is 22.8 Å². The fourth-order valence-corrected chi connectivity index (χ4v) is 3.03. The van der Waals surface area contributed by atoms with Crippen LogP contribution in [-0.2, 0) is 16.0 Å². The SMILES string of the molecule is COc1ccc(OC)c(C(=O)O[C@H](C)C(=O)N2CCc3ccccc32)c1. The third-order valence-corrected chi connectivity index (χ3v) is 4.41. The monoisotopic (exact) mass is 355 g/mol. The van der Waals surface area contributed by atoms with Gasteiger partial charge in [0.2, 0.25) is 0 Å². The van der Waals surface area contributed by atoms with Gasteiger partial charge in [-0.25, -0.2) is 4.79 Å². The van der Waals surface area contributed by atoms with Gasteiger partial charge in [0.15, 0.2) is 6.10 Å². The number of carbonyl (C=O) groups is 2. The highest BCUT2D eigenvalue weighted by molar-refractivity contribution is 6.01. The Morgan fingerprint density at radius 1 is 1.08 bits per heavy atom. The highest BCUT2D eigenvalue weighted by Crippen LogP contribution is 2.29. The Bertz CT molecular complexity index is 833. The molecular weight excluding hydrogens is 334 g/mol. The summed E-state index contributed by atoms with van der Waals surface area (Å²) in [5.41, 5.74) is 2.21. The quantitative estimate of drug-likeness (QED) is 0.772. The maximum Gasteiger partial charge on any atom is 0.342 e. The van der Waals surface area contributed by atoms with Crippen LogP contribution in [0, 0.1) is 0 Å². The Morgan fingerprint density at radius 3 is 2.58 bits per heavy atom. The van der Waals surface area contributed by atoms with E-state index in [0.717, 1.165) is 17.7 Å². The summed E-state index contributed by atoms with van der Waals surface area (Å²) in [6.45, 7) is 2.16. The van der Waals surface area contributed by atoms with Gasteiger partial charge >= 0.3 is 5.97 Å². The molecule has 0 unspecified atom stereocenters. The van der Waals surface area contributed by atoms with Crippen molar-refractivity contribution in [3.8, 4) is 11.5 Å². The predicted octanol–water partition coefficient (Wildman–Crippen LogP) is 2.84. The van der Waals surface area contributed by atoms with Crippen molar-refractivity contribution in [1.82, 2.24) is 0 Å². The topological polar surface area (TPSA) is 65.1 Å². The van der Waals surface area contributed by atoms with Gasteiger partial charge in [-0.05, 0) is 43.2 Å². The van der Waals surface area contributed by atoms with Crippen molar-refractivity contribution in [3.63, 3.8) is 0 Å². The number of ether oxygens (including phenoxy) is 3. The number of esters is 1. The van der Waals surface area contributed by atoms with Gasteiger partial charge in [-0.2, -0.15) is 0 Å². The van der Waals surface area contributed by atoms with Crippen LogP contribution in [0.2, 0.25) is 0 Å². The summed E-state index contributed by atoms with van der Waals surface area (Å²) >= 11 is 0. The zero-order chi connectivity index (χ0) is 18.7. The number of rotatable bonds is 5. The minimum atomic E-state index is -0.912. The molecule has 0 bridgehead atoms. The fourth-order valence-electron chi connectivity index (χ4n) is 3.03. The Kier molecular flexibility index (Phi) is 5.11. The summed E-state index contributed by atoms with van der Waals surface area (Å²) in [6.07, 6.45) is -0.115. The summed E-state index contributed by atoms with van der Waals surface area (Å²) in [5, 5.41) is 0. The number of methoxy groups -OCH3 is 2. The largest absolute Gasteiger partial charge is 0.497 e. The number of hydrogen-bond donors (Lipinski definition) is 0. The molecule has 1 aliphatic rings. The zero-order valence-electron chi connectivity index (χ0n) is 15.0. The van der Waals surface area contributed by atoms with Crippen LogP contribution < -0.4 is 14.4 Å². The van der Waals surface area contributed by atoms with Gasteiger partial charge in [-0.15, -0.1) is 0 Å². The van der Waals surface area contributed by atoms with Crippen molar-refractivity contribution in [3.05, 3.63) is 53.6 Å². The molecule has 0 saturated heterocycles. The van der Waals surface area contributed by atoms with Crippen LogP contribution in [0.15, 0.2) is 42.5 Å². The molecule has 1 amide bonds. The minimum Gasteiger partial charge on any atom is -0.497 e. The molecule has 1 heterocycles. The van der Waals surface area contributed by atoms with Crippen molar-refractivity contribution in [2.24, 2.45) is 0 Å². The minimum absolute atomic E-state index is 0.216. The first kappa shape index (κ1) is 17.8. The van der Waals surface area contributed by atoms with Crippen LogP contribution in [-0.4, -0.2) is 38.7 Å².